The van der Waals surface area contributed by atoms with Crippen molar-refractivity contribution in [3.8, 4) is 0 Å². The molecule has 0 aromatic carbocycles. The van der Waals surface area contributed by atoms with Crippen LogP contribution in [0.1, 0.15) is 19.5 Å². The molecule has 0 radical (unpaired) electrons. The SMILES string of the molecule is CCN(c1nc(Cl)nc(C)c1[N+](=O)[O-])C(C)COC. The van der Waals surface area contributed by atoms with Crippen LogP contribution in [-0.4, -0.2) is 41.2 Å². The summed E-state index contributed by atoms with van der Waals surface area (Å²) in [5, 5.41) is 11.2. The van der Waals surface area contributed by atoms with E-state index < -0.39 is 4.92 Å². The number of hydrogen-bond acceptors (Lipinski definition) is 6. The second-order valence-electron chi connectivity index (χ2n) is 4.10. The predicted molar refractivity (Wildman–Crippen MR) is 72.8 cm³/mol. The number of anilines is 1. The second kappa shape index (κ2) is 6.63. The summed E-state index contributed by atoms with van der Waals surface area (Å²) in [5.41, 5.74) is 0.136. The monoisotopic (exact) mass is 288 g/mol. The minimum absolute atomic E-state index is 0.00108. The number of likely N-dealkylation sites (N-methyl/N-ethyl adjacent to an activating group) is 1. The molecule has 1 aromatic heterocycles. The average Bonchev–Trinajstić information content (AvgIpc) is 2.28. The third kappa shape index (κ3) is 3.51. The van der Waals surface area contributed by atoms with Crippen molar-refractivity contribution in [3.63, 3.8) is 0 Å². The zero-order valence-electron chi connectivity index (χ0n) is 11.4. The Morgan fingerprint density at radius 3 is 2.63 bits per heavy atom. The van der Waals surface area contributed by atoms with Crippen molar-refractivity contribution in [3.05, 3.63) is 21.1 Å². The van der Waals surface area contributed by atoms with Crippen LogP contribution >= 0.6 is 11.6 Å². The number of nitrogens with zero attached hydrogens (tertiary/aromatic N) is 4. The van der Waals surface area contributed by atoms with E-state index in [1.54, 1.807) is 18.9 Å². The van der Waals surface area contributed by atoms with E-state index >= 15 is 0 Å². The Labute approximate surface area is 116 Å². The summed E-state index contributed by atoms with van der Waals surface area (Å²) >= 11 is 5.81. The van der Waals surface area contributed by atoms with Crippen LogP contribution in [0.4, 0.5) is 11.5 Å². The standard InChI is InChI=1S/C11H17ClN4O3/c1-5-15(7(2)6-19-4)10-9(16(17)18)8(3)13-11(12)14-10/h7H,5-6H2,1-4H3. The second-order valence-corrected chi connectivity index (χ2v) is 4.44. The molecule has 8 heteroatoms. The summed E-state index contributed by atoms with van der Waals surface area (Å²) < 4.78 is 5.08. The van der Waals surface area contributed by atoms with E-state index in [4.69, 9.17) is 16.3 Å². The fourth-order valence-electron chi connectivity index (χ4n) is 1.93. The lowest BCUT2D eigenvalue weighted by Crippen LogP contribution is -2.37. The topological polar surface area (TPSA) is 81.4 Å². The highest BCUT2D eigenvalue weighted by atomic mass is 35.5. The first kappa shape index (κ1) is 15.6. The van der Waals surface area contributed by atoms with E-state index in [1.807, 2.05) is 13.8 Å². The van der Waals surface area contributed by atoms with Crippen LogP contribution in [0.15, 0.2) is 0 Å². The molecule has 0 bridgehead atoms. The maximum Gasteiger partial charge on any atom is 0.332 e. The molecule has 0 saturated carbocycles. The van der Waals surface area contributed by atoms with E-state index in [0.29, 0.717) is 13.2 Å². The van der Waals surface area contributed by atoms with E-state index in [-0.39, 0.29) is 28.5 Å². The van der Waals surface area contributed by atoms with Gasteiger partial charge in [0.05, 0.1) is 17.6 Å². The van der Waals surface area contributed by atoms with Gasteiger partial charge in [-0.2, -0.15) is 4.98 Å². The Bertz CT molecular complexity index is 469. The first-order chi connectivity index (χ1) is 8.92. The van der Waals surface area contributed by atoms with Crippen molar-refractivity contribution in [2.24, 2.45) is 0 Å². The number of ether oxygens (including phenoxy) is 1. The summed E-state index contributed by atoms with van der Waals surface area (Å²) in [6, 6.07) is -0.0564. The number of aromatic nitrogens is 2. The normalized spacial score (nSPS) is 12.3. The summed E-state index contributed by atoms with van der Waals surface area (Å²) in [5.74, 6) is 0.231. The molecule has 0 N–H and O–H groups in total. The molecule has 0 aliphatic heterocycles. The van der Waals surface area contributed by atoms with Crippen molar-refractivity contribution < 1.29 is 9.66 Å². The first-order valence-electron chi connectivity index (χ1n) is 5.86. The molecule has 7 nitrogen and oxygen atoms in total. The van der Waals surface area contributed by atoms with Gasteiger partial charge in [0.2, 0.25) is 11.1 Å². The summed E-state index contributed by atoms with van der Waals surface area (Å²) in [4.78, 5) is 20.3. The van der Waals surface area contributed by atoms with Crippen LogP contribution in [0.25, 0.3) is 0 Å². The summed E-state index contributed by atoms with van der Waals surface area (Å²) in [6.45, 7) is 6.33. The minimum Gasteiger partial charge on any atom is -0.383 e. The summed E-state index contributed by atoms with van der Waals surface area (Å²) in [6.07, 6.45) is 0. The number of aryl methyl sites for hydroxylation is 1. The quantitative estimate of drug-likeness (QED) is 0.453. The molecule has 0 aliphatic carbocycles. The van der Waals surface area contributed by atoms with Crippen LogP contribution in [0, 0.1) is 17.0 Å². The van der Waals surface area contributed by atoms with Crippen LogP contribution in [0.2, 0.25) is 5.28 Å². The van der Waals surface area contributed by atoms with Crippen molar-refractivity contribution in [2.75, 3.05) is 25.2 Å². The Morgan fingerprint density at radius 2 is 2.16 bits per heavy atom. The highest BCUT2D eigenvalue weighted by molar-refractivity contribution is 6.28. The fraction of sp³-hybridized carbons (Fsp3) is 0.636. The molecule has 0 spiro atoms. The number of methoxy groups -OCH3 is 1. The Balaban J connectivity index is 3.33. The number of halogens is 1. The van der Waals surface area contributed by atoms with Gasteiger partial charge in [-0.3, -0.25) is 10.1 Å². The summed E-state index contributed by atoms with van der Waals surface area (Å²) in [7, 11) is 1.58. The van der Waals surface area contributed by atoms with E-state index in [9.17, 15) is 10.1 Å². The van der Waals surface area contributed by atoms with Crippen molar-refractivity contribution in [2.45, 2.75) is 26.8 Å². The Morgan fingerprint density at radius 1 is 1.53 bits per heavy atom. The van der Waals surface area contributed by atoms with Crippen LogP contribution in [-0.2, 0) is 4.74 Å². The van der Waals surface area contributed by atoms with Crippen LogP contribution < -0.4 is 4.90 Å². The smallest absolute Gasteiger partial charge is 0.332 e. The van der Waals surface area contributed by atoms with Crippen LogP contribution in [0.3, 0.4) is 0 Å². The van der Waals surface area contributed by atoms with Gasteiger partial charge in [-0.1, -0.05) is 0 Å². The highest BCUT2D eigenvalue weighted by Crippen LogP contribution is 2.30. The largest absolute Gasteiger partial charge is 0.383 e. The van der Waals surface area contributed by atoms with Crippen molar-refractivity contribution in [1.29, 1.82) is 0 Å². The third-order valence-corrected chi connectivity index (χ3v) is 2.92. The maximum absolute atomic E-state index is 11.2. The lowest BCUT2D eigenvalue weighted by atomic mass is 10.2. The first-order valence-corrected chi connectivity index (χ1v) is 6.24. The van der Waals surface area contributed by atoms with Crippen molar-refractivity contribution >= 4 is 23.1 Å². The molecular weight excluding hydrogens is 272 g/mol. The maximum atomic E-state index is 11.2. The van der Waals surface area contributed by atoms with Gasteiger partial charge in [-0.05, 0) is 32.4 Å². The molecule has 1 heterocycles. The zero-order chi connectivity index (χ0) is 14.6. The van der Waals surface area contributed by atoms with Gasteiger partial charge >= 0.3 is 5.69 Å². The Hall–Kier alpha value is -1.47. The van der Waals surface area contributed by atoms with Crippen molar-refractivity contribution in [1.82, 2.24) is 9.97 Å². The molecule has 0 aliphatic rings. The molecule has 1 rings (SSSR count). The molecule has 0 fully saturated rings. The molecule has 0 saturated heterocycles. The minimum atomic E-state index is -0.483. The Kier molecular flexibility index (Phi) is 5.44. The predicted octanol–water partition coefficient (Wildman–Crippen LogP) is 2.21. The molecule has 0 amide bonds. The van der Waals surface area contributed by atoms with E-state index in [2.05, 4.69) is 9.97 Å². The third-order valence-electron chi connectivity index (χ3n) is 2.75. The zero-order valence-corrected chi connectivity index (χ0v) is 12.1. The molecular formula is C11H17ClN4O3. The van der Waals surface area contributed by atoms with Gasteiger partial charge in [-0.25, -0.2) is 4.98 Å². The fourth-order valence-corrected chi connectivity index (χ4v) is 2.14. The average molecular weight is 289 g/mol. The van der Waals surface area contributed by atoms with Gasteiger partial charge in [-0.15, -0.1) is 0 Å². The highest BCUT2D eigenvalue weighted by Gasteiger charge is 2.28. The van der Waals surface area contributed by atoms with E-state index in [1.165, 1.54) is 0 Å². The number of rotatable bonds is 6. The van der Waals surface area contributed by atoms with Gasteiger partial charge in [0, 0.05) is 13.7 Å². The van der Waals surface area contributed by atoms with Gasteiger partial charge in [0.15, 0.2) is 0 Å². The van der Waals surface area contributed by atoms with Gasteiger partial charge in [0.1, 0.15) is 5.69 Å². The van der Waals surface area contributed by atoms with Crippen LogP contribution in [0.5, 0.6) is 0 Å². The number of nitro groups is 1. The van der Waals surface area contributed by atoms with Gasteiger partial charge in [0.25, 0.3) is 0 Å². The lowest BCUT2D eigenvalue weighted by molar-refractivity contribution is -0.385. The lowest BCUT2D eigenvalue weighted by Gasteiger charge is -2.28. The van der Waals surface area contributed by atoms with Gasteiger partial charge < -0.3 is 9.64 Å². The molecule has 1 unspecified atom stereocenters. The number of hydrogen-bond donors (Lipinski definition) is 0. The molecule has 1 aromatic rings. The molecule has 106 valence electrons. The molecule has 1 atom stereocenters. The molecule has 19 heavy (non-hydrogen) atoms. The van der Waals surface area contributed by atoms with E-state index in [0.717, 1.165) is 0 Å².